The van der Waals surface area contributed by atoms with Gasteiger partial charge in [-0.15, -0.1) is 11.8 Å². The van der Waals surface area contributed by atoms with Crippen LogP contribution >= 0.6 is 11.8 Å². The first-order chi connectivity index (χ1) is 6.86. The maximum atomic E-state index is 10.2. The summed E-state index contributed by atoms with van der Waals surface area (Å²) in [5.74, 6) is 1.16. The Bertz CT molecular complexity index is 271. The zero-order valence-electron chi connectivity index (χ0n) is 8.32. The fourth-order valence-corrected chi connectivity index (χ4v) is 2.05. The van der Waals surface area contributed by atoms with Crippen molar-refractivity contribution in [2.45, 2.75) is 24.7 Å². The molecule has 0 aliphatic heterocycles. The Kier molecular flexibility index (Phi) is 5.15. The molecule has 0 saturated heterocycles. The van der Waals surface area contributed by atoms with Crippen LogP contribution in [0.15, 0.2) is 29.2 Å². The summed E-state index contributed by atoms with van der Waals surface area (Å²) in [6.07, 6.45) is 3.18. The molecule has 1 N–H and O–H groups in total. The third-order valence-corrected chi connectivity index (χ3v) is 2.94. The first-order valence-electron chi connectivity index (χ1n) is 4.80. The highest BCUT2D eigenvalue weighted by atomic mass is 32.2. The number of carbonyl (C=O) groups excluding carboxylic acids is 1. The van der Waals surface area contributed by atoms with Gasteiger partial charge in [-0.1, -0.05) is 13.3 Å². The summed E-state index contributed by atoms with van der Waals surface area (Å²) in [5.41, 5.74) is 0.847. The van der Waals surface area contributed by atoms with Crippen molar-refractivity contribution in [1.29, 1.82) is 0 Å². The van der Waals surface area contributed by atoms with Crippen LogP contribution in [0.25, 0.3) is 0 Å². The summed E-state index contributed by atoms with van der Waals surface area (Å²) in [4.78, 5) is 11.4. The third-order valence-electron chi connectivity index (χ3n) is 1.85. The molecular weight excluding hydrogens is 194 g/mol. The van der Waals surface area contributed by atoms with Crippen molar-refractivity contribution < 1.29 is 4.79 Å². The van der Waals surface area contributed by atoms with Crippen molar-refractivity contribution in [3.05, 3.63) is 24.3 Å². The van der Waals surface area contributed by atoms with Crippen LogP contribution in [-0.2, 0) is 4.79 Å². The Hall–Kier alpha value is -0.960. The fourth-order valence-electron chi connectivity index (χ4n) is 1.05. The van der Waals surface area contributed by atoms with E-state index in [0.29, 0.717) is 6.41 Å². The van der Waals surface area contributed by atoms with E-state index in [4.69, 9.17) is 0 Å². The summed E-state index contributed by atoms with van der Waals surface area (Å²) < 4.78 is 0. The monoisotopic (exact) mass is 209 g/mol. The predicted molar refractivity (Wildman–Crippen MR) is 61.8 cm³/mol. The Morgan fingerprint density at radius 1 is 1.36 bits per heavy atom. The zero-order valence-corrected chi connectivity index (χ0v) is 9.14. The van der Waals surface area contributed by atoms with Gasteiger partial charge in [-0.2, -0.15) is 0 Å². The molecule has 1 rings (SSSR count). The van der Waals surface area contributed by atoms with Gasteiger partial charge in [-0.05, 0) is 36.4 Å². The van der Waals surface area contributed by atoms with E-state index in [2.05, 4.69) is 12.2 Å². The SMILES string of the molecule is CCCCSc1ccc(NC=O)cc1. The van der Waals surface area contributed by atoms with Crippen molar-refractivity contribution in [3.63, 3.8) is 0 Å². The smallest absolute Gasteiger partial charge is 0.211 e. The number of anilines is 1. The molecule has 0 unspecified atom stereocenters. The summed E-state index contributed by atoms with van der Waals surface area (Å²) >= 11 is 1.86. The molecular formula is C11H15NOS. The highest BCUT2D eigenvalue weighted by Gasteiger charge is 1.94. The van der Waals surface area contributed by atoms with Gasteiger partial charge in [-0.25, -0.2) is 0 Å². The first-order valence-corrected chi connectivity index (χ1v) is 5.78. The number of amides is 1. The number of hydrogen-bond donors (Lipinski definition) is 1. The lowest BCUT2D eigenvalue weighted by atomic mass is 10.3. The molecule has 14 heavy (non-hydrogen) atoms. The molecule has 0 aliphatic rings. The summed E-state index contributed by atoms with van der Waals surface area (Å²) in [6, 6.07) is 7.91. The minimum Gasteiger partial charge on any atom is -0.329 e. The van der Waals surface area contributed by atoms with Crippen LogP contribution < -0.4 is 5.32 Å². The van der Waals surface area contributed by atoms with E-state index in [1.807, 2.05) is 36.0 Å². The summed E-state index contributed by atoms with van der Waals surface area (Å²) in [6.45, 7) is 2.19. The van der Waals surface area contributed by atoms with Crippen LogP contribution in [0.4, 0.5) is 5.69 Å². The van der Waals surface area contributed by atoms with E-state index in [-0.39, 0.29) is 0 Å². The molecule has 0 radical (unpaired) electrons. The van der Waals surface area contributed by atoms with Gasteiger partial charge in [0, 0.05) is 10.6 Å². The van der Waals surface area contributed by atoms with Gasteiger partial charge in [0.05, 0.1) is 0 Å². The third kappa shape index (κ3) is 3.83. The molecule has 0 bridgehead atoms. The van der Waals surface area contributed by atoms with Crippen molar-refractivity contribution in [2.24, 2.45) is 0 Å². The van der Waals surface area contributed by atoms with Gasteiger partial charge in [0.15, 0.2) is 0 Å². The van der Waals surface area contributed by atoms with E-state index in [9.17, 15) is 4.79 Å². The number of carbonyl (C=O) groups is 1. The van der Waals surface area contributed by atoms with Crippen LogP contribution in [0, 0.1) is 0 Å². The predicted octanol–water partition coefficient (Wildman–Crippen LogP) is 3.15. The second-order valence-corrected chi connectivity index (χ2v) is 4.16. The highest BCUT2D eigenvalue weighted by Crippen LogP contribution is 2.20. The Morgan fingerprint density at radius 3 is 2.64 bits per heavy atom. The van der Waals surface area contributed by atoms with E-state index in [1.165, 1.54) is 17.7 Å². The molecule has 0 aliphatic carbocycles. The van der Waals surface area contributed by atoms with E-state index in [0.717, 1.165) is 11.4 Å². The standard InChI is InChI=1S/C11H15NOS/c1-2-3-8-14-11-6-4-10(5-7-11)12-9-13/h4-7,9H,2-3,8H2,1H3,(H,12,13). The topological polar surface area (TPSA) is 29.1 Å². The minimum atomic E-state index is 0.694. The van der Waals surface area contributed by atoms with Crippen molar-refractivity contribution in [2.75, 3.05) is 11.1 Å². The number of thioether (sulfide) groups is 1. The number of benzene rings is 1. The zero-order chi connectivity index (χ0) is 10.2. The maximum Gasteiger partial charge on any atom is 0.211 e. The lowest BCUT2D eigenvalue weighted by molar-refractivity contribution is -0.105. The van der Waals surface area contributed by atoms with Gasteiger partial charge in [-0.3, -0.25) is 4.79 Å². The summed E-state index contributed by atoms with van der Waals surface area (Å²) in [5, 5.41) is 2.61. The van der Waals surface area contributed by atoms with Crippen LogP contribution in [-0.4, -0.2) is 12.2 Å². The minimum absolute atomic E-state index is 0.694. The number of nitrogens with one attached hydrogen (secondary N) is 1. The lowest BCUT2D eigenvalue weighted by Crippen LogP contribution is -1.92. The number of hydrogen-bond acceptors (Lipinski definition) is 2. The highest BCUT2D eigenvalue weighted by molar-refractivity contribution is 7.99. The van der Waals surface area contributed by atoms with Gasteiger partial charge in [0.1, 0.15) is 0 Å². The van der Waals surface area contributed by atoms with Crippen molar-refractivity contribution in [3.8, 4) is 0 Å². The van der Waals surface area contributed by atoms with Gasteiger partial charge in [0.2, 0.25) is 6.41 Å². The number of rotatable bonds is 6. The average molecular weight is 209 g/mol. The number of unbranched alkanes of at least 4 members (excludes halogenated alkanes) is 1. The molecule has 1 aromatic rings. The molecule has 0 fully saturated rings. The van der Waals surface area contributed by atoms with Gasteiger partial charge < -0.3 is 5.32 Å². The molecule has 0 atom stereocenters. The molecule has 0 heterocycles. The quantitative estimate of drug-likeness (QED) is 0.443. The average Bonchev–Trinajstić information content (AvgIpc) is 2.21. The van der Waals surface area contributed by atoms with E-state index in [1.54, 1.807) is 0 Å². The van der Waals surface area contributed by atoms with Gasteiger partial charge in [0.25, 0.3) is 0 Å². The largest absolute Gasteiger partial charge is 0.329 e. The Balaban J connectivity index is 2.42. The fraction of sp³-hybridized carbons (Fsp3) is 0.364. The maximum absolute atomic E-state index is 10.2. The van der Waals surface area contributed by atoms with E-state index < -0.39 is 0 Å². The van der Waals surface area contributed by atoms with Crippen LogP contribution in [0.2, 0.25) is 0 Å². The first kappa shape index (κ1) is 11.1. The molecule has 1 amide bonds. The molecule has 0 spiro atoms. The summed E-state index contributed by atoms with van der Waals surface area (Å²) in [7, 11) is 0. The van der Waals surface area contributed by atoms with Crippen molar-refractivity contribution >= 4 is 23.9 Å². The normalized spacial score (nSPS) is 9.79. The van der Waals surface area contributed by atoms with Crippen molar-refractivity contribution in [1.82, 2.24) is 0 Å². The molecule has 2 nitrogen and oxygen atoms in total. The lowest BCUT2D eigenvalue weighted by Gasteiger charge is -2.02. The van der Waals surface area contributed by atoms with E-state index >= 15 is 0 Å². The molecule has 1 aromatic carbocycles. The second kappa shape index (κ2) is 6.49. The van der Waals surface area contributed by atoms with Crippen LogP contribution in [0.3, 0.4) is 0 Å². The Morgan fingerprint density at radius 2 is 2.07 bits per heavy atom. The molecule has 76 valence electrons. The second-order valence-electron chi connectivity index (χ2n) is 2.99. The molecule has 3 heteroatoms. The van der Waals surface area contributed by atoms with Crippen LogP contribution in [0.5, 0.6) is 0 Å². The molecule has 0 saturated carbocycles. The van der Waals surface area contributed by atoms with Crippen LogP contribution in [0.1, 0.15) is 19.8 Å². The molecule has 0 aromatic heterocycles. The van der Waals surface area contributed by atoms with Gasteiger partial charge >= 0.3 is 0 Å². The Labute approximate surface area is 89.1 Å².